The fourth-order valence-corrected chi connectivity index (χ4v) is 2.45. The summed E-state index contributed by atoms with van der Waals surface area (Å²) in [5.41, 5.74) is 7.10. The fourth-order valence-electron chi connectivity index (χ4n) is 2.45. The first-order valence-corrected chi connectivity index (χ1v) is 7.07. The molecule has 0 amide bonds. The summed E-state index contributed by atoms with van der Waals surface area (Å²) in [5.74, 6) is 1.14. The lowest BCUT2D eigenvalue weighted by Gasteiger charge is -2.20. The zero-order valence-electron chi connectivity index (χ0n) is 11.4. The molecule has 2 heterocycles. The molecule has 2 atom stereocenters. The molecule has 3 rings (SSSR count). The number of hydrogen-bond donors (Lipinski definition) is 1. The lowest BCUT2D eigenvalue weighted by atomic mass is 10.1. The summed E-state index contributed by atoms with van der Waals surface area (Å²) in [6.07, 6.45) is 4.33. The largest absolute Gasteiger partial charge is 0.378 e. The van der Waals surface area contributed by atoms with Crippen LogP contribution >= 0.6 is 0 Å². The Morgan fingerprint density at radius 1 is 1.25 bits per heavy atom. The summed E-state index contributed by atoms with van der Waals surface area (Å²) in [4.78, 5) is 4.40. The number of nitrogens with two attached hydrogens (primary N) is 1. The predicted octanol–water partition coefficient (Wildman–Crippen LogP) is 2.23. The quantitative estimate of drug-likeness (QED) is 0.924. The number of rotatable bonds is 4. The standard InChI is InChI=1S/C15H19N3O2/c16-14(11-6-2-1-3-7-11)15-17-13(18-20-15)10-12-8-4-5-9-19-12/h1-3,6-7,12,14H,4-5,8-10,16H2/t12?,14-/m1/s1. The van der Waals surface area contributed by atoms with Gasteiger partial charge in [0, 0.05) is 13.0 Å². The summed E-state index contributed by atoms with van der Waals surface area (Å²) in [6.45, 7) is 0.832. The van der Waals surface area contributed by atoms with Gasteiger partial charge in [-0.1, -0.05) is 35.5 Å². The second-order valence-electron chi connectivity index (χ2n) is 5.13. The van der Waals surface area contributed by atoms with Crippen molar-refractivity contribution in [2.45, 2.75) is 37.8 Å². The SMILES string of the molecule is N[C@H](c1ccccc1)c1nc(CC2CCCCO2)no1. The van der Waals surface area contributed by atoms with Gasteiger partial charge < -0.3 is 15.0 Å². The Morgan fingerprint density at radius 3 is 2.85 bits per heavy atom. The maximum atomic E-state index is 6.14. The van der Waals surface area contributed by atoms with Gasteiger partial charge in [0.05, 0.1) is 6.10 Å². The van der Waals surface area contributed by atoms with Gasteiger partial charge in [0.15, 0.2) is 5.82 Å². The molecule has 5 nitrogen and oxygen atoms in total. The van der Waals surface area contributed by atoms with E-state index < -0.39 is 0 Å². The maximum Gasteiger partial charge on any atom is 0.248 e. The maximum absolute atomic E-state index is 6.14. The van der Waals surface area contributed by atoms with Crippen molar-refractivity contribution in [3.8, 4) is 0 Å². The van der Waals surface area contributed by atoms with E-state index in [1.54, 1.807) is 0 Å². The van der Waals surface area contributed by atoms with Crippen molar-refractivity contribution in [1.82, 2.24) is 10.1 Å². The molecule has 1 aromatic heterocycles. The Morgan fingerprint density at radius 2 is 2.10 bits per heavy atom. The third kappa shape index (κ3) is 3.05. The summed E-state index contributed by atoms with van der Waals surface area (Å²) >= 11 is 0. The Kier molecular flexibility index (Phi) is 4.08. The van der Waals surface area contributed by atoms with E-state index in [2.05, 4.69) is 10.1 Å². The third-order valence-corrected chi connectivity index (χ3v) is 3.59. The predicted molar refractivity (Wildman–Crippen MR) is 74.1 cm³/mol. The second kappa shape index (κ2) is 6.15. The van der Waals surface area contributed by atoms with E-state index in [1.165, 1.54) is 6.42 Å². The Labute approximate surface area is 118 Å². The summed E-state index contributed by atoms with van der Waals surface area (Å²) in [6, 6.07) is 9.39. The molecule has 5 heteroatoms. The van der Waals surface area contributed by atoms with E-state index in [0.717, 1.165) is 25.0 Å². The van der Waals surface area contributed by atoms with Gasteiger partial charge in [-0.25, -0.2) is 0 Å². The van der Waals surface area contributed by atoms with Crippen LogP contribution < -0.4 is 5.73 Å². The van der Waals surface area contributed by atoms with Crippen LogP contribution in [-0.2, 0) is 11.2 Å². The molecule has 0 saturated carbocycles. The summed E-state index contributed by atoms with van der Waals surface area (Å²) < 4.78 is 11.0. The molecule has 2 aromatic rings. The lowest BCUT2D eigenvalue weighted by Crippen LogP contribution is -2.22. The molecule has 1 fully saturated rings. The molecule has 0 spiro atoms. The minimum absolute atomic E-state index is 0.210. The molecule has 0 radical (unpaired) electrons. The average Bonchev–Trinajstić information content (AvgIpc) is 2.97. The highest BCUT2D eigenvalue weighted by Gasteiger charge is 2.20. The van der Waals surface area contributed by atoms with Gasteiger partial charge in [0.1, 0.15) is 6.04 Å². The Hall–Kier alpha value is -1.72. The van der Waals surface area contributed by atoms with Crippen LogP contribution in [0.15, 0.2) is 34.9 Å². The van der Waals surface area contributed by atoms with Crippen LogP contribution in [0.25, 0.3) is 0 Å². The zero-order valence-corrected chi connectivity index (χ0v) is 11.4. The van der Waals surface area contributed by atoms with Crippen LogP contribution in [-0.4, -0.2) is 22.9 Å². The topological polar surface area (TPSA) is 74.2 Å². The molecule has 0 aliphatic carbocycles. The van der Waals surface area contributed by atoms with E-state index >= 15 is 0 Å². The van der Waals surface area contributed by atoms with Gasteiger partial charge in [-0.2, -0.15) is 4.98 Å². The van der Waals surface area contributed by atoms with Crippen LogP contribution in [0.3, 0.4) is 0 Å². The van der Waals surface area contributed by atoms with Gasteiger partial charge in [-0.3, -0.25) is 0 Å². The molecular weight excluding hydrogens is 254 g/mol. The average molecular weight is 273 g/mol. The highest BCUT2D eigenvalue weighted by Crippen LogP contribution is 2.20. The monoisotopic (exact) mass is 273 g/mol. The normalized spacial score (nSPS) is 20.8. The Balaban J connectivity index is 1.67. The Bertz CT molecular complexity index is 535. The van der Waals surface area contributed by atoms with E-state index in [9.17, 15) is 0 Å². The van der Waals surface area contributed by atoms with Gasteiger partial charge in [-0.05, 0) is 24.8 Å². The van der Waals surface area contributed by atoms with Gasteiger partial charge in [0.2, 0.25) is 5.89 Å². The van der Waals surface area contributed by atoms with Crippen LogP contribution in [0.5, 0.6) is 0 Å². The molecule has 0 bridgehead atoms. The van der Waals surface area contributed by atoms with Gasteiger partial charge in [0.25, 0.3) is 0 Å². The number of benzene rings is 1. The molecule has 1 aliphatic heterocycles. The van der Waals surface area contributed by atoms with E-state index in [0.29, 0.717) is 18.1 Å². The smallest absolute Gasteiger partial charge is 0.248 e. The first-order chi connectivity index (χ1) is 9.83. The molecule has 1 saturated heterocycles. The summed E-state index contributed by atoms with van der Waals surface area (Å²) in [5, 5.41) is 4.01. The first-order valence-electron chi connectivity index (χ1n) is 7.07. The number of hydrogen-bond acceptors (Lipinski definition) is 5. The molecule has 20 heavy (non-hydrogen) atoms. The fraction of sp³-hybridized carbons (Fsp3) is 0.467. The van der Waals surface area contributed by atoms with E-state index in [-0.39, 0.29) is 12.1 Å². The van der Waals surface area contributed by atoms with Crippen LogP contribution in [0.2, 0.25) is 0 Å². The van der Waals surface area contributed by atoms with E-state index in [1.807, 2.05) is 30.3 Å². The highest BCUT2D eigenvalue weighted by molar-refractivity contribution is 5.22. The van der Waals surface area contributed by atoms with Crippen molar-refractivity contribution in [2.75, 3.05) is 6.61 Å². The van der Waals surface area contributed by atoms with Crippen molar-refractivity contribution in [1.29, 1.82) is 0 Å². The molecule has 106 valence electrons. The van der Waals surface area contributed by atoms with Crippen molar-refractivity contribution >= 4 is 0 Å². The van der Waals surface area contributed by atoms with E-state index in [4.69, 9.17) is 15.0 Å². The molecule has 1 unspecified atom stereocenters. The third-order valence-electron chi connectivity index (χ3n) is 3.59. The van der Waals surface area contributed by atoms with Gasteiger partial charge >= 0.3 is 0 Å². The van der Waals surface area contributed by atoms with Crippen LogP contribution in [0, 0.1) is 0 Å². The highest BCUT2D eigenvalue weighted by atomic mass is 16.5. The molecule has 1 aliphatic rings. The molecule has 1 aromatic carbocycles. The number of aromatic nitrogens is 2. The molecule has 2 N–H and O–H groups in total. The summed E-state index contributed by atoms with van der Waals surface area (Å²) in [7, 11) is 0. The number of ether oxygens (including phenoxy) is 1. The first kappa shape index (κ1) is 13.3. The number of nitrogens with zero attached hydrogens (tertiary/aromatic N) is 2. The molecular formula is C15H19N3O2. The van der Waals surface area contributed by atoms with Gasteiger partial charge in [-0.15, -0.1) is 0 Å². The van der Waals surface area contributed by atoms with Crippen molar-refractivity contribution in [3.63, 3.8) is 0 Å². The van der Waals surface area contributed by atoms with Crippen LogP contribution in [0.4, 0.5) is 0 Å². The lowest BCUT2D eigenvalue weighted by molar-refractivity contribution is 0.0153. The minimum Gasteiger partial charge on any atom is -0.378 e. The van der Waals surface area contributed by atoms with Crippen molar-refractivity contribution in [3.05, 3.63) is 47.6 Å². The zero-order chi connectivity index (χ0) is 13.8. The minimum atomic E-state index is -0.371. The second-order valence-corrected chi connectivity index (χ2v) is 5.13. The van der Waals surface area contributed by atoms with Crippen molar-refractivity contribution < 1.29 is 9.26 Å². The van der Waals surface area contributed by atoms with Crippen LogP contribution in [0.1, 0.15) is 42.6 Å². The van der Waals surface area contributed by atoms with Crippen molar-refractivity contribution in [2.24, 2.45) is 5.73 Å².